The molecule has 0 saturated heterocycles. The minimum absolute atomic E-state index is 0.119. The first kappa shape index (κ1) is 11.1. The SMILES string of the molecule is CSCC(=O)NCCc1ccccc1. The Morgan fingerprint density at radius 3 is 2.71 bits per heavy atom. The summed E-state index contributed by atoms with van der Waals surface area (Å²) in [7, 11) is 0. The number of hydrogen-bond acceptors (Lipinski definition) is 2. The summed E-state index contributed by atoms with van der Waals surface area (Å²) in [5.41, 5.74) is 1.26. The van der Waals surface area contributed by atoms with Crippen molar-refractivity contribution in [2.75, 3.05) is 18.6 Å². The lowest BCUT2D eigenvalue weighted by Crippen LogP contribution is -2.27. The van der Waals surface area contributed by atoms with Gasteiger partial charge < -0.3 is 5.32 Å². The Morgan fingerprint density at radius 2 is 2.07 bits per heavy atom. The number of carbonyl (C=O) groups is 1. The van der Waals surface area contributed by atoms with Crippen molar-refractivity contribution in [1.82, 2.24) is 5.32 Å². The van der Waals surface area contributed by atoms with E-state index >= 15 is 0 Å². The summed E-state index contributed by atoms with van der Waals surface area (Å²) in [4.78, 5) is 11.1. The third kappa shape index (κ3) is 4.33. The van der Waals surface area contributed by atoms with Gasteiger partial charge in [0.05, 0.1) is 5.75 Å². The molecule has 0 bridgehead atoms. The smallest absolute Gasteiger partial charge is 0.229 e. The molecule has 0 unspecified atom stereocenters. The highest BCUT2D eigenvalue weighted by molar-refractivity contribution is 7.99. The average Bonchev–Trinajstić information content (AvgIpc) is 2.20. The maximum absolute atomic E-state index is 11.1. The monoisotopic (exact) mass is 209 g/mol. The summed E-state index contributed by atoms with van der Waals surface area (Å²) in [6, 6.07) is 10.2. The van der Waals surface area contributed by atoms with Crippen LogP contribution in [0.3, 0.4) is 0 Å². The van der Waals surface area contributed by atoms with Gasteiger partial charge in [0.15, 0.2) is 0 Å². The normalized spacial score (nSPS) is 9.79. The number of carbonyl (C=O) groups excluding carboxylic acids is 1. The molecule has 0 aliphatic heterocycles. The molecule has 0 spiro atoms. The molecule has 0 aliphatic rings. The summed E-state index contributed by atoms with van der Waals surface area (Å²) in [5.74, 6) is 0.669. The van der Waals surface area contributed by atoms with E-state index in [4.69, 9.17) is 0 Å². The Bertz CT molecular complexity index is 274. The zero-order chi connectivity index (χ0) is 10.2. The lowest BCUT2D eigenvalue weighted by atomic mass is 10.1. The topological polar surface area (TPSA) is 29.1 Å². The minimum Gasteiger partial charge on any atom is -0.355 e. The van der Waals surface area contributed by atoms with Crippen molar-refractivity contribution in [2.24, 2.45) is 0 Å². The van der Waals surface area contributed by atoms with Crippen LogP contribution in [0.1, 0.15) is 5.56 Å². The predicted molar refractivity (Wildman–Crippen MR) is 61.5 cm³/mol. The summed E-state index contributed by atoms with van der Waals surface area (Å²) in [6.07, 6.45) is 2.83. The van der Waals surface area contributed by atoms with E-state index < -0.39 is 0 Å². The molecule has 1 amide bonds. The predicted octanol–water partition coefficient (Wildman–Crippen LogP) is 1.71. The van der Waals surface area contributed by atoms with E-state index in [-0.39, 0.29) is 5.91 Å². The van der Waals surface area contributed by atoms with E-state index in [1.807, 2.05) is 24.5 Å². The lowest BCUT2D eigenvalue weighted by molar-refractivity contribution is -0.118. The molecule has 1 aromatic carbocycles. The molecule has 3 heteroatoms. The second-order valence-corrected chi connectivity index (χ2v) is 3.88. The van der Waals surface area contributed by atoms with Gasteiger partial charge in [-0.2, -0.15) is 11.8 Å². The van der Waals surface area contributed by atoms with Gasteiger partial charge in [0.2, 0.25) is 5.91 Å². The van der Waals surface area contributed by atoms with Crippen molar-refractivity contribution >= 4 is 17.7 Å². The van der Waals surface area contributed by atoms with Gasteiger partial charge in [-0.15, -0.1) is 0 Å². The van der Waals surface area contributed by atoms with Crippen LogP contribution in [0.15, 0.2) is 30.3 Å². The third-order valence-electron chi connectivity index (χ3n) is 1.85. The highest BCUT2D eigenvalue weighted by Gasteiger charge is 1.98. The Morgan fingerprint density at radius 1 is 1.36 bits per heavy atom. The first-order valence-corrected chi connectivity index (χ1v) is 6.02. The highest BCUT2D eigenvalue weighted by atomic mass is 32.2. The van der Waals surface area contributed by atoms with Gasteiger partial charge in [0, 0.05) is 6.54 Å². The van der Waals surface area contributed by atoms with Gasteiger partial charge in [-0.1, -0.05) is 30.3 Å². The van der Waals surface area contributed by atoms with Gasteiger partial charge in [-0.05, 0) is 18.2 Å². The van der Waals surface area contributed by atoms with Gasteiger partial charge in [0.1, 0.15) is 0 Å². The zero-order valence-corrected chi connectivity index (χ0v) is 9.14. The van der Waals surface area contributed by atoms with Crippen LogP contribution in [0.4, 0.5) is 0 Å². The first-order valence-electron chi connectivity index (χ1n) is 4.62. The van der Waals surface area contributed by atoms with Crippen molar-refractivity contribution in [1.29, 1.82) is 0 Å². The van der Waals surface area contributed by atoms with Crippen LogP contribution >= 0.6 is 11.8 Å². The molecule has 0 heterocycles. The molecule has 76 valence electrons. The fourth-order valence-electron chi connectivity index (χ4n) is 1.17. The largest absolute Gasteiger partial charge is 0.355 e. The van der Waals surface area contributed by atoms with Crippen molar-refractivity contribution < 1.29 is 4.79 Å². The van der Waals surface area contributed by atoms with E-state index in [1.54, 1.807) is 11.8 Å². The Hall–Kier alpha value is -0.960. The second kappa shape index (κ2) is 6.49. The molecule has 0 aliphatic carbocycles. The standard InChI is InChI=1S/C11H15NOS/c1-14-9-11(13)12-8-7-10-5-3-2-4-6-10/h2-6H,7-9H2,1H3,(H,12,13). The fourth-order valence-corrected chi connectivity index (χ4v) is 1.54. The van der Waals surface area contributed by atoms with Gasteiger partial charge in [-0.3, -0.25) is 4.79 Å². The molecule has 2 nitrogen and oxygen atoms in total. The molecule has 1 N–H and O–H groups in total. The number of nitrogens with one attached hydrogen (secondary N) is 1. The Labute approximate surface area is 89.1 Å². The van der Waals surface area contributed by atoms with Crippen LogP contribution in [0, 0.1) is 0 Å². The molecule has 0 aromatic heterocycles. The number of amides is 1. The quantitative estimate of drug-likeness (QED) is 0.800. The maximum atomic E-state index is 11.1. The highest BCUT2D eigenvalue weighted by Crippen LogP contribution is 1.98. The van der Waals surface area contributed by atoms with Crippen molar-refractivity contribution in [3.05, 3.63) is 35.9 Å². The zero-order valence-electron chi connectivity index (χ0n) is 8.32. The number of benzene rings is 1. The lowest BCUT2D eigenvalue weighted by Gasteiger charge is -2.03. The second-order valence-electron chi connectivity index (χ2n) is 3.02. The van der Waals surface area contributed by atoms with E-state index in [1.165, 1.54) is 5.56 Å². The van der Waals surface area contributed by atoms with E-state index in [2.05, 4.69) is 17.4 Å². The van der Waals surface area contributed by atoms with Gasteiger partial charge in [0.25, 0.3) is 0 Å². The molecule has 14 heavy (non-hydrogen) atoms. The third-order valence-corrected chi connectivity index (χ3v) is 2.40. The van der Waals surface area contributed by atoms with E-state index in [9.17, 15) is 4.79 Å². The van der Waals surface area contributed by atoms with Crippen molar-refractivity contribution in [2.45, 2.75) is 6.42 Å². The number of thioether (sulfide) groups is 1. The van der Waals surface area contributed by atoms with Crippen LogP contribution in [0.2, 0.25) is 0 Å². The summed E-state index contributed by atoms with van der Waals surface area (Å²) >= 11 is 1.54. The molecule has 0 fully saturated rings. The number of rotatable bonds is 5. The van der Waals surface area contributed by atoms with E-state index in [0.717, 1.165) is 13.0 Å². The van der Waals surface area contributed by atoms with Crippen molar-refractivity contribution in [3.8, 4) is 0 Å². The van der Waals surface area contributed by atoms with Crippen LogP contribution < -0.4 is 5.32 Å². The Kier molecular flexibility index (Phi) is 5.15. The first-order chi connectivity index (χ1) is 6.83. The molecular weight excluding hydrogens is 194 g/mol. The van der Waals surface area contributed by atoms with Crippen LogP contribution in [0.25, 0.3) is 0 Å². The van der Waals surface area contributed by atoms with Crippen LogP contribution in [-0.4, -0.2) is 24.5 Å². The van der Waals surface area contributed by atoms with Crippen molar-refractivity contribution in [3.63, 3.8) is 0 Å². The van der Waals surface area contributed by atoms with Gasteiger partial charge >= 0.3 is 0 Å². The van der Waals surface area contributed by atoms with Gasteiger partial charge in [-0.25, -0.2) is 0 Å². The summed E-state index contributed by atoms with van der Waals surface area (Å²) in [5, 5.41) is 2.87. The molecule has 0 saturated carbocycles. The number of hydrogen-bond donors (Lipinski definition) is 1. The average molecular weight is 209 g/mol. The molecular formula is C11H15NOS. The molecule has 1 aromatic rings. The van der Waals surface area contributed by atoms with E-state index in [0.29, 0.717) is 5.75 Å². The molecule has 0 atom stereocenters. The fraction of sp³-hybridized carbons (Fsp3) is 0.364. The van der Waals surface area contributed by atoms with Crippen LogP contribution in [-0.2, 0) is 11.2 Å². The summed E-state index contributed by atoms with van der Waals surface area (Å²) < 4.78 is 0. The summed E-state index contributed by atoms with van der Waals surface area (Å²) in [6.45, 7) is 0.726. The Balaban J connectivity index is 2.19. The molecule has 0 radical (unpaired) electrons. The maximum Gasteiger partial charge on any atom is 0.229 e. The van der Waals surface area contributed by atoms with Crippen LogP contribution in [0.5, 0.6) is 0 Å². The molecule has 1 rings (SSSR count). The minimum atomic E-state index is 0.119.